The van der Waals surface area contributed by atoms with Crippen LogP contribution in [0.1, 0.15) is 12.5 Å². The van der Waals surface area contributed by atoms with Gasteiger partial charge in [-0.2, -0.15) is 4.39 Å². The first-order valence-electron chi connectivity index (χ1n) is 3.39. The van der Waals surface area contributed by atoms with E-state index >= 15 is 0 Å². The first-order chi connectivity index (χ1) is 5.61. The zero-order valence-electron chi connectivity index (χ0n) is 6.44. The molecule has 0 aliphatic heterocycles. The highest BCUT2D eigenvalue weighted by Crippen LogP contribution is 2.24. The third-order valence-corrected chi connectivity index (χ3v) is 2.68. The molecule has 0 unspecified atom stereocenters. The summed E-state index contributed by atoms with van der Waals surface area (Å²) in [5.41, 5.74) is 1.50. The molecule has 3 heteroatoms. The predicted octanol–water partition coefficient (Wildman–Crippen LogP) is 4.50. The van der Waals surface area contributed by atoms with E-state index in [1.807, 2.05) is 24.3 Å². The molecule has 0 saturated heterocycles. The molecule has 0 atom stereocenters. The average Bonchev–Trinajstić information content (AvgIpc) is 2.04. The van der Waals surface area contributed by atoms with E-state index in [4.69, 9.17) is 0 Å². The van der Waals surface area contributed by atoms with Crippen molar-refractivity contribution in [2.24, 2.45) is 0 Å². The second kappa shape index (κ2) is 4.19. The lowest BCUT2D eigenvalue weighted by Gasteiger charge is -2.00. The Morgan fingerprint density at radius 3 is 2.17 bits per heavy atom. The molecular weight excluding hydrogens is 287 g/mol. The molecule has 64 valence electrons. The zero-order chi connectivity index (χ0) is 9.14. The van der Waals surface area contributed by atoms with Gasteiger partial charge in [0, 0.05) is 4.47 Å². The topological polar surface area (TPSA) is 0 Å². The Morgan fingerprint density at radius 2 is 1.75 bits per heavy atom. The summed E-state index contributed by atoms with van der Waals surface area (Å²) in [5.74, 6) is 0. The van der Waals surface area contributed by atoms with Gasteiger partial charge in [-0.15, -0.1) is 0 Å². The molecule has 0 nitrogen and oxygen atoms in total. The number of hydrogen-bond acceptors (Lipinski definition) is 0. The molecule has 0 aromatic heterocycles. The van der Waals surface area contributed by atoms with Crippen molar-refractivity contribution in [3.05, 3.63) is 39.0 Å². The van der Waals surface area contributed by atoms with Crippen LogP contribution in [0.3, 0.4) is 0 Å². The Bertz CT molecular complexity index is 297. The number of rotatable bonds is 1. The van der Waals surface area contributed by atoms with Gasteiger partial charge in [-0.25, -0.2) is 0 Å². The van der Waals surface area contributed by atoms with Crippen LogP contribution in [-0.4, -0.2) is 0 Å². The van der Waals surface area contributed by atoms with Crippen molar-refractivity contribution in [2.75, 3.05) is 0 Å². The maximum Gasteiger partial charge on any atom is 0.169 e. The lowest BCUT2D eigenvalue weighted by molar-refractivity contribution is 0.707. The number of allylic oxidation sites excluding steroid dienone is 1. The highest BCUT2D eigenvalue weighted by atomic mass is 79.9. The van der Waals surface area contributed by atoms with Crippen LogP contribution in [0.5, 0.6) is 0 Å². The molecule has 12 heavy (non-hydrogen) atoms. The summed E-state index contributed by atoms with van der Waals surface area (Å²) in [6.07, 6.45) is 0. The van der Waals surface area contributed by atoms with E-state index < -0.39 is 0 Å². The smallest absolute Gasteiger partial charge is 0.169 e. The van der Waals surface area contributed by atoms with Crippen molar-refractivity contribution < 1.29 is 4.39 Å². The summed E-state index contributed by atoms with van der Waals surface area (Å²) in [6, 6.07) is 7.49. The fourth-order valence-corrected chi connectivity index (χ4v) is 1.30. The van der Waals surface area contributed by atoms with Crippen LogP contribution in [0.15, 0.2) is 33.5 Å². The molecule has 0 bridgehead atoms. The van der Waals surface area contributed by atoms with E-state index in [0.717, 1.165) is 10.0 Å². The number of halogens is 3. The second-order valence-electron chi connectivity index (χ2n) is 2.39. The van der Waals surface area contributed by atoms with Gasteiger partial charge in [-0.1, -0.05) is 28.1 Å². The Hall–Kier alpha value is -0.150. The van der Waals surface area contributed by atoms with Crippen LogP contribution in [0, 0.1) is 0 Å². The summed E-state index contributed by atoms with van der Waals surface area (Å²) in [6.45, 7) is 1.73. The van der Waals surface area contributed by atoms with Crippen molar-refractivity contribution in [2.45, 2.75) is 6.92 Å². The maximum absolute atomic E-state index is 12.7. The normalized spacial score (nSPS) is 12.7. The molecule has 0 heterocycles. The molecule has 0 radical (unpaired) electrons. The highest BCUT2D eigenvalue weighted by Gasteiger charge is 2.00. The van der Waals surface area contributed by atoms with Gasteiger partial charge in [0.15, 0.2) is 4.74 Å². The molecule has 0 spiro atoms. The Labute approximate surface area is 87.7 Å². The van der Waals surface area contributed by atoms with Gasteiger partial charge in [0.25, 0.3) is 0 Å². The van der Waals surface area contributed by atoms with E-state index in [-0.39, 0.29) is 4.74 Å². The Morgan fingerprint density at radius 1 is 1.25 bits per heavy atom. The molecule has 1 aromatic carbocycles. The van der Waals surface area contributed by atoms with E-state index in [0.29, 0.717) is 5.57 Å². The summed E-state index contributed by atoms with van der Waals surface area (Å²) < 4.78 is 13.3. The van der Waals surface area contributed by atoms with Crippen LogP contribution >= 0.6 is 31.9 Å². The zero-order valence-corrected chi connectivity index (χ0v) is 9.62. The summed E-state index contributed by atoms with van der Waals surface area (Å²) in [4.78, 5) is 0. The SMILES string of the molecule is CC(=C(F)Br)c1ccc(Br)cc1. The first-order valence-corrected chi connectivity index (χ1v) is 4.97. The van der Waals surface area contributed by atoms with Gasteiger partial charge < -0.3 is 0 Å². The first kappa shape index (κ1) is 9.93. The second-order valence-corrected chi connectivity index (χ2v) is 4.00. The van der Waals surface area contributed by atoms with Gasteiger partial charge in [-0.3, -0.25) is 0 Å². The van der Waals surface area contributed by atoms with Crippen molar-refractivity contribution in [3.8, 4) is 0 Å². The fraction of sp³-hybridized carbons (Fsp3) is 0.111. The number of hydrogen-bond donors (Lipinski definition) is 0. The van der Waals surface area contributed by atoms with Crippen molar-refractivity contribution in [3.63, 3.8) is 0 Å². The third kappa shape index (κ3) is 2.42. The maximum atomic E-state index is 12.7. The highest BCUT2D eigenvalue weighted by molar-refractivity contribution is 9.11. The molecule has 1 aromatic rings. The van der Waals surface area contributed by atoms with Crippen LogP contribution in [0.2, 0.25) is 0 Å². The van der Waals surface area contributed by atoms with Crippen LogP contribution in [-0.2, 0) is 0 Å². The van der Waals surface area contributed by atoms with Crippen LogP contribution < -0.4 is 0 Å². The standard InChI is InChI=1S/C9H7Br2F/c1-6(9(11)12)7-2-4-8(10)5-3-7/h2-5H,1H3. The quantitative estimate of drug-likeness (QED) is 0.715. The third-order valence-electron chi connectivity index (χ3n) is 1.56. The molecular formula is C9H7Br2F. The molecule has 0 aliphatic rings. The Balaban J connectivity index is 3.06. The van der Waals surface area contributed by atoms with Gasteiger partial charge >= 0.3 is 0 Å². The minimum atomic E-state index is -0.315. The predicted molar refractivity (Wildman–Crippen MR) is 56.8 cm³/mol. The fourth-order valence-electron chi connectivity index (χ4n) is 0.809. The Kier molecular flexibility index (Phi) is 3.47. The lowest BCUT2D eigenvalue weighted by Crippen LogP contribution is -1.78. The molecule has 0 saturated carbocycles. The van der Waals surface area contributed by atoms with Crippen LogP contribution in [0.4, 0.5) is 4.39 Å². The molecule has 0 N–H and O–H groups in total. The van der Waals surface area contributed by atoms with E-state index in [1.165, 1.54) is 0 Å². The van der Waals surface area contributed by atoms with Gasteiger partial charge in [0.1, 0.15) is 0 Å². The summed E-state index contributed by atoms with van der Waals surface area (Å²) in [7, 11) is 0. The van der Waals surface area contributed by atoms with Gasteiger partial charge in [0.05, 0.1) is 0 Å². The molecule has 0 fully saturated rings. The molecule has 1 rings (SSSR count). The molecule has 0 aliphatic carbocycles. The van der Waals surface area contributed by atoms with Gasteiger partial charge in [0.2, 0.25) is 0 Å². The summed E-state index contributed by atoms with van der Waals surface area (Å²) >= 11 is 6.11. The minimum Gasteiger partial charge on any atom is -0.199 e. The van der Waals surface area contributed by atoms with Crippen LogP contribution in [0.25, 0.3) is 5.57 Å². The molecule has 0 amide bonds. The monoisotopic (exact) mass is 292 g/mol. The van der Waals surface area contributed by atoms with Crippen molar-refractivity contribution >= 4 is 37.4 Å². The van der Waals surface area contributed by atoms with Crippen molar-refractivity contribution in [1.82, 2.24) is 0 Å². The van der Waals surface area contributed by atoms with Crippen molar-refractivity contribution in [1.29, 1.82) is 0 Å². The van der Waals surface area contributed by atoms with E-state index in [1.54, 1.807) is 6.92 Å². The van der Waals surface area contributed by atoms with E-state index in [9.17, 15) is 4.39 Å². The average molecular weight is 294 g/mol. The van der Waals surface area contributed by atoms with Gasteiger partial charge in [-0.05, 0) is 46.1 Å². The largest absolute Gasteiger partial charge is 0.199 e. The lowest BCUT2D eigenvalue weighted by atomic mass is 10.1. The number of benzene rings is 1. The summed E-state index contributed by atoms with van der Waals surface area (Å²) in [5, 5.41) is 0. The minimum absolute atomic E-state index is 0.315. The van der Waals surface area contributed by atoms with E-state index in [2.05, 4.69) is 31.9 Å².